The Morgan fingerprint density at radius 2 is 2.06 bits per heavy atom. The van der Waals surface area contributed by atoms with E-state index in [9.17, 15) is 4.79 Å². The third-order valence-electron chi connectivity index (χ3n) is 2.98. The average Bonchev–Trinajstić information content (AvgIpc) is 2.57. The van der Waals surface area contributed by atoms with E-state index < -0.39 is 0 Å². The fourth-order valence-electron chi connectivity index (χ4n) is 1.95. The number of aromatic nitrogens is 2. The third kappa shape index (κ3) is 2.09. The standard InChI is InChI=1S/C13H15BrN2O/c1-4-11-9(3)13(17)16(15-11)12-6-5-10(14)7-8(12)2/h5-7,15H,4H2,1-3H3. The highest BCUT2D eigenvalue weighted by Crippen LogP contribution is 2.18. The van der Waals surface area contributed by atoms with Crippen molar-refractivity contribution < 1.29 is 0 Å². The Labute approximate surface area is 109 Å². The van der Waals surface area contributed by atoms with Crippen molar-refractivity contribution in [1.82, 2.24) is 9.78 Å². The fraction of sp³-hybridized carbons (Fsp3) is 0.308. The third-order valence-corrected chi connectivity index (χ3v) is 3.47. The number of halogens is 1. The van der Waals surface area contributed by atoms with Crippen LogP contribution in [0.15, 0.2) is 27.5 Å². The normalized spacial score (nSPS) is 10.8. The molecule has 90 valence electrons. The summed E-state index contributed by atoms with van der Waals surface area (Å²) in [7, 11) is 0. The van der Waals surface area contributed by atoms with Gasteiger partial charge in [-0.2, -0.15) is 0 Å². The second-order valence-electron chi connectivity index (χ2n) is 4.14. The monoisotopic (exact) mass is 294 g/mol. The molecule has 0 fully saturated rings. The highest BCUT2D eigenvalue weighted by molar-refractivity contribution is 9.10. The lowest BCUT2D eigenvalue weighted by Crippen LogP contribution is -2.16. The molecule has 0 aliphatic carbocycles. The largest absolute Gasteiger partial charge is 0.295 e. The van der Waals surface area contributed by atoms with E-state index in [0.29, 0.717) is 0 Å². The highest BCUT2D eigenvalue weighted by Gasteiger charge is 2.11. The van der Waals surface area contributed by atoms with Gasteiger partial charge in [-0.3, -0.25) is 9.89 Å². The summed E-state index contributed by atoms with van der Waals surface area (Å²) >= 11 is 3.42. The van der Waals surface area contributed by atoms with Gasteiger partial charge < -0.3 is 0 Å². The summed E-state index contributed by atoms with van der Waals surface area (Å²) < 4.78 is 2.64. The molecule has 0 saturated carbocycles. The predicted octanol–water partition coefficient (Wildman–Crippen LogP) is 3.11. The second kappa shape index (κ2) is 4.53. The molecule has 3 nitrogen and oxygen atoms in total. The van der Waals surface area contributed by atoms with Crippen LogP contribution in [0.4, 0.5) is 0 Å². The highest BCUT2D eigenvalue weighted by atomic mass is 79.9. The van der Waals surface area contributed by atoms with Crippen LogP contribution in [0.3, 0.4) is 0 Å². The van der Waals surface area contributed by atoms with Crippen LogP contribution >= 0.6 is 15.9 Å². The second-order valence-corrected chi connectivity index (χ2v) is 5.06. The van der Waals surface area contributed by atoms with Crippen molar-refractivity contribution in [2.45, 2.75) is 27.2 Å². The molecule has 0 atom stereocenters. The Morgan fingerprint density at radius 3 is 2.59 bits per heavy atom. The quantitative estimate of drug-likeness (QED) is 0.908. The molecule has 0 radical (unpaired) electrons. The zero-order chi connectivity index (χ0) is 12.6. The van der Waals surface area contributed by atoms with E-state index in [0.717, 1.165) is 33.4 Å². The molecule has 0 amide bonds. The average molecular weight is 295 g/mol. The molecule has 0 bridgehead atoms. The maximum atomic E-state index is 12.1. The summed E-state index contributed by atoms with van der Waals surface area (Å²) in [4.78, 5) is 12.1. The van der Waals surface area contributed by atoms with E-state index in [4.69, 9.17) is 0 Å². The van der Waals surface area contributed by atoms with Crippen molar-refractivity contribution in [1.29, 1.82) is 0 Å². The van der Waals surface area contributed by atoms with Gasteiger partial charge in [-0.05, 0) is 44.0 Å². The van der Waals surface area contributed by atoms with Crippen LogP contribution < -0.4 is 5.56 Å². The number of nitrogens with zero attached hydrogens (tertiary/aromatic N) is 1. The minimum atomic E-state index is 0.0345. The molecule has 1 aromatic heterocycles. The molecule has 0 unspecified atom stereocenters. The summed E-state index contributed by atoms with van der Waals surface area (Å²) in [6.07, 6.45) is 0.837. The topological polar surface area (TPSA) is 37.8 Å². The van der Waals surface area contributed by atoms with Crippen molar-refractivity contribution >= 4 is 15.9 Å². The minimum Gasteiger partial charge on any atom is -0.295 e. The van der Waals surface area contributed by atoms with Crippen LogP contribution in [0, 0.1) is 13.8 Å². The molecular weight excluding hydrogens is 280 g/mol. The van der Waals surface area contributed by atoms with Crippen molar-refractivity contribution in [3.63, 3.8) is 0 Å². The van der Waals surface area contributed by atoms with Gasteiger partial charge in [-0.1, -0.05) is 22.9 Å². The lowest BCUT2D eigenvalue weighted by molar-refractivity contribution is 0.813. The Morgan fingerprint density at radius 1 is 1.35 bits per heavy atom. The Bertz CT molecular complexity index is 610. The van der Waals surface area contributed by atoms with E-state index in [2.05, 4.69) is 21.0 Å². The van der Waals surface area contributed by atoms with Crippen LogP contribution in [-0.2, 0) is 6.42 Å². The lowest BCUT2D eigenvalue weighted by Gasteiger charge is -2.06. The van der Waals surface area contributed by atoms with Crippen LogP contribution in [0.2, 0.25) is 0 Å². The number of hydrogen-bond acceptors (Lipinski definition) is 1. The molecule has 0 aliphatic rings. The first-order valence-electron chi connectivity index (χ1n) is 5.61. The van der Waals surface area contributed by atoms with Crippen LogP contribution in [-0.4, -0.2) is 9.78 Å². The minimum absolute atomic E-state index is 0.0345. The number of H-pyrrole nitrogens is 1. The number of hydrogen-bond donors (Lipinski definition) is 1. The van der Waals surface area contributed by atoms with Gasteiger partial charge in [0.25, 0.3) is 5.56 Å². The maximum Gasteiger partial charge on any atom is 0.274 e. The molecule has 0 saturated heterocycles. The number of nitrogens with one attached hydrogen (secondary N) is 1. The van der Waals surface area contributed by atoms with Gasteiger partial charge >= 0.3 is 0 Å². The first kappa shape index (κ1) is 12.2. The molecule has 17 heavy (non-hydrogen) atoms. The molecule has 4 heteroatoms. The van der Waals surface area contributed by atoms with E-state index in [1.165, 1.54) is 0 Å². The van der Waals surface area contributed by atoms with Gasteiger partial charge in [0, 0.05) is 15.7 Å². The zero-order valence-electron chi connectivity index (χ0n) is 10.2. The van der Waals surface area contributed by atoms with Crippen LogP contribution in [0.25, 0.3) is 5.69 Å². The smallest absolute Gasteiger partial charge is 0.274 e. The molecule has 1 N–H and O–H groups in total. The van der Waals surface area contributed by atoms with Gasteiger partial charge in [0.1, 0.15) is 0 Å². The number of benzene rings is 1. The fourth-order valence-corrected chi connectivity index (χ4v) is 2.43. The van der Waals surface area contributed by atoms with Gasteiger partial charge in [-0.25, -0.2) is 4.68 Å². The summed E-state index contributed by atoms with van der Waals surface area (Å²) in [5.74, 6) is 0. The van der Waals surface area contributed by atoms with E-state index in [-0.39, 0.29) is 5.56 Å². The summed E-state index contributed by atoms with van der Waals surface area (Å²) in [5, 5.41) is 3.16. The summed E-state index contributed by atoms with van der Waals surface area (Å²) in [6, 6.07) is 5.89. The maximum absolute atomic E-state index is 12.1. The molecule has 0 aliphatic heterocycles. The van der Waals surface area contributed by atoms with Crippen molar-refractivity contribution in [2.24, 2.45) is 0 Å². The molecule has 2 aromatic rings. The van der Waals surface area contributed by atoms with Gasteiger partial charge in [0.2, 0.25) is 0 Å². The van der Waals surface area contributed by atoms with Gasteiger partial charge in [-0.15, -0.1) is 0 Å². The SMILES string of the molecule is CCc1[nH]n(-c2ccc(Br)cc2C)c(=O)c1C. The number of aryl methyl sites for hydroxylation is 2. The Kier molecular flexibility index (Phi) is 3.24. The molecule has 2 rings (SSSR count). The molecule has 1 heterocycles. The van der Waals surface area contributed by atoms with Gasteiger partial charge in [0.15, 0.2) is 0 Å². The summed E-state index contributed by atoms with van der Waals surface area (Å²) in [6.45, 7) is 5.90. The zero-order valence-corrected chi connectivity index (χ0v) is 11.8. The van der Waals surface area contributed by atoms with E-state index in [1.807, 2.05) is 39.0 Å². The van der Waals surface area contributed by atoms with Crippen molar-refractivity contribution in [3.05, 3.63) is 49.8 Å². The van der Waals surface area contributed by atoms with E-state index in [1.54, 1.807) is 4.68 Å². The Balaban J connectivity index is 2.65. The van der Waals surface area contributed by atoms with Gasteiger partial charge in [0.05, 0.1) is 5.69 Å². The summed E-state index contributed by atoms with van der Waals surface area (Å²) in [5.41, 5.74) is 3.80. The van der Waals surface area contributed by atoms with Crippen LogP contribution in [0.1, 0.15) is 23.7 Å². The first-order chi connectivity index (χ1) is 8.04. The number of aromatic amines is 1. The molecular formula is C13H15BrN2O. The van der Waals surface area contributed by atoms with E-state index >= 15 is 0 Å². The van der Waals surface area contributed by atoms with Crippen LogP contribution in [0.5, 0.6) is 0 Å². The van der Waals surface area contributed by atoms with Crippen molar-refractivity contribution in [2.75, 3.05) is 0 Å². The predicted molar refractivity (Wildman–Crippen MR) is 72.9 cm³/mol. The van der Waals surface area contributed by atoms with Crippen molar-refractivity contribution in [3.8, 4) is 5.69 Å². The molecule has 0 spiro atoms. The first-order valence-corrected chi connectivity index (χ1v) is 6.41. The lowest BCUT2D eigenvalue weighted by atomic mass is 10.2. The molecule has 1 aromatic carbocycles. The Hall–Kier alpha value is -1.29. The number of rotatable bonds is 2.